The minimum absolute atomic E-state index is 0.135. The van der Waals surface area contributed by atoms with Crippen LogP contribution in [0.5, 0.6) is 0 Å². The monoisotopic (exact) mass is 540 g/mol. The van der Waals surface area contributed by atoms with Gasteiger partial charge in [0.25, 0.3) is 0 Å². The van der Waals surface area contributed by atoms with Gasteiger partial charge in [0.2, 0.25) is 0 Å². The maximum atomic E-state index is 6.40. The van der Waals surface area contributed by atoms with Crippen LogP contribution in [0.2, 0.25) is 0 Å². The van der Waals surface area contributed by atoms with Gasteiger partial charge in [-0.3, -0.25) is 0 Å². The molecule has 3 heteroatoms. The fraction of sp³-hybridized carbons (Fsp3) is 0.103. The first-order valence-corrected chi connectivity index (χ1v) is 12.3. The van der Waals surface area contributed by atoms with Crippen LogP contribution in [-0.2, 0) is 5.41 Å². The third-order valence-corrected chi connectivity index (χ3v) is 8.22. The molecule has 0 radical (unpaired) electrons. The predicted molar refractivity (Wildman–Crippen MR) is 142 cm³/mol. The Bertz CT molecular complexity index is 1770. The molecule has 0 N–H and O–H groups in total. The predicted octanol–water partition coefficient (Wildman–Crippen LogP) is 9.72. The first kappa shape index (κ1) is 18.9. The van der Waals surface area contributed by atoms with E-state index in [0.29, 0.717) is 0 Å². The van der Waals surface area contributed by atoms with E-state index >= 15 is 0 Å². The van der Waals surface area contributed by atoms with E-state index in [1.807, 2.05) is 0 Å². The maximum absolute atomic E-state index is 6.40. The summed E-state index contributed by atoms with van der Waals surface area (Å²) in [4.78, 5) is 0. The van der Waals surface area contributed by atoms with Crippen LogP contribution in [0, 0.1) is 0 Å². The van der Waals surface area contributed by atoms with Crippen molar-refractivity contribution in [2.75, 3.05) is 0 Å². The van der Waals surface area contributed by atoms with Gasteiger partial charge < -0.3 is 4.42 Å². The molecule has 7 rings (SSSR count). The second-order valence-corrected chi connectivity index (χ2v) is 11.0. The molecule has 154 valence electrons. The number of benzene rings is 5. The number of furan rings is 1. The second kappa shape index (κ2) is 6.24. The maximum Gasteiger partial charge on any atom is 0.150 e. The second-order valence-electron chi connectivity index (χ2n) is 9.19. The lowest BCUT2D eigenvalue weighted by Gasteiger charge is -2.24. The van der Waals surface area contributed by atoms with Crippen molar-refractivity contribution in [1.29, 1.82) is 0 Å². The highest BCUT2D eigenvalue weighted by molar-refractivity contribution is 9.11. The molecule has 0 saturated heterocycles. The van der Waals surface area contributed by atoms with Crippen LogP contribution >= 0.6 is 31.9 Å². The minimum atomic E-state index is -0.135. The van der Waals surface area contributed by atoms with Crippen molar-refractivity contribution in [3.63, 3.8) is 0 Å². The van der Waals surface area contributed by atoms with Gasteiger partial charge >= 0.3 is 0 Å². The van der Waals surface area contributed by atoms with Gasteiger partial charge in [0.1, 0.15) is 11.2 Å². The van der Waals surface area contributed by atoms with Gasteiger partial charge in [-0.15, -0.1) is 0 Å². The molecule has 6 aromatic rings. The first-order valence-electron chi connectivity index (χ1n) is 10.8. The van der Waals surface area contributed by atoms with E-state index in [2.05, 4.69) is 119 Å². The van der Waals surface area contributed by atoms with E-state index in [1.165, 1.54) is 49.2 Å². The SMILES string of the molecule is CC1(C)c2cc(Br)c3oc4cc(Br)ccc4c3c2-c2c1c1ccccc1c1ccccc21. The number of rotatable bonds is 0. The normalized spacial score (nSPS) is 14.5. The Kier molecular flexibility index (Phi) is 3.69. The van der Waals surface area contributed by atoms with Crippen molar-refractivity contribution in [2.45, 2.75) is 19.3 Å². The molecule has 5 aromatic carbocycles. The van der Waals surface area contributed by atoms with Crippen molar-refractivity contribution in [3.8, 4) is 11.1 Å². The largest absolute Gasteiger partial charge is 0.455 e. The summed E-state index contributed by atoms with van der Waals surface area (Å²) >= 11 is 7.44. The lowest BCUT2D eigenvalue weighted by Crippen LogP contribution is -2.15. The molecule has 0 amide bonds. The standard InChI is InChI=1S/C29H18Br2O/c1-29(2)21-14-22(31)28-25(20-12-11-15(30)13-23(20)32-28)26(21)24-18-9-5-3-7-16(18)17-8-4-6-10-19(17)27(24)29/h3-14H,1-2H3. The average molecular weight is 542 g/mol. The highest BCUT2D eigenvalue weighted by Crippen LogP contribution is 2.58. The zero-order valence-electron chi connectivity index (χ0n) is 17.6. The number of hydrogen-bond donors (Lipinski definition) is 0. The molecule has 32 heavy (non-hydrogen) atoms. The Labute approximate surface area is 202 Å². The Morgan fingerprint density at radius 1 is 0.688 bits per heavy atom. The molecule has 0 fully saturated rings. The fourth-order valence-electron chi connectivity index (χ4n) is 5.82. The molecule has 0 aliphatic heterocycles. The van der Waals surface area contributed by atoms with Gasteiger partial charge in [-0.05, 0) is 84.0 Å². The lowest BCUT2D eigenvalue weighted by atomic mass is 9.79. The summed E-state index contributed by atoms with van der Waals surface area (Å²) in [5.41, 5.74) is 7.10. The fourth-order valence-corrected chi connectivity index (χ4v) is 6.67. The van der Waals surface area contributed by atoms with Gasteiger partial charge in [0.05, 0.1) is 4.47 Å². The summed E-state index contributed by atoms with van der Waals surface area (Å²) in [5, 5.41) is 7.62. The van der Waals surface area contributed by atoms with Gasteiger partial charge in [-0.25, -0.2) is 0 Å². The molecular weight excluding hydrogens is 524 g/mol. The van der Waals surface area contributed by atoms with E-state index in [0.717, 1.165) is 25.5 Å². The van der Waals surface area contributed by atoms with Gasteiger partial charge in [-0.2, -0.15) is 0 Å². The van der Waals surface area contributed by atoms with Crippen molar-refractivity contribution in [3.05, 3.63) is 92.9 Å². The Hall–Kier alpha value is -2.62. The summed E-state index contributed by atoms with van der Waals surface area (Å²) in [6.07, 6.45) is 0. The van der Waals surface area contributed by atoms with Crippen LogP contribution in [-0.4, -0.2) is 0 Å². The van der Waals surface area contributed by atoms with Crippen LogP contribution in [0.15, 0.2) is 86.2 Å². The van der Waals surface area contributed by atoms with Crippen LogP contribution < -0.4 is 0 Å². The van der Waals surface area contributed by atoms with Crippen molar-refractivity contribution >= 4 is 75.3 Å². The summed E-state index contributed by atoms with van der Waals surface area (Å²) in [6.45, 7) is 4.71. The van der Waals surface area contributed by atoms with E-state index < -0.39 is 0 Å². The van der Waals surface area contributed by atoms with Crippen LogP contribution in [0.25, 0.3) is 54.6 Å². The van der Waals surface area contributed by atoms with Crippen molar-refractivity contribution in [2.24, 2.45) is 0 Å². The van der Waals surface area contributed by atoms with E-state index in [9.17, 15) is 0 Å². The molecule has 0 saturated carbocycles. The molecule has 0 bridgehead atoms. The van der Waals surface area contributed by atoms with Gasteiger partial charge in [0.15, 0.2) is 0 Å². The molecule has 1 aromatic heterocycles. The van der Waals surface area contributed by atoms with Gasteiger partial charge in [-0.1, -0.05) is 78.3 Å². The molecule has 0 atom stereocenters. The average Bonchev–Trinajstić information content (AvgIpc) is 3.27. The lowest BCUT2D eigenvalue weighted by molar-refractivity contribution is 0.658. The van der Waals surface area contributed by atoms with E-state index in [4.69, 9.17) is 4.42 Å². The number of fused-ring (bicyclic) bond motifs is 12. The Balaban J connectivity index is 1.81. The smallest absolute Gasteiger partial charge is 0.150 e. The van der Waals surface area contributed by atoms with E-state index in [-0.39, 0.29) is 5.41 Å². The molecular formula is C29H18Br2O. The molecule has 1 nitrogen and oxygen atoms in total. The topological polar surface area (TPSA) is 13.1 Å². The third kappa shape index (κ3) is 2.23. The summed E-state index contributed by atoms with van der Waals surface area (Å²) < 4.78 is 8.42. The van der Waals surface area contributed by atoms with Crippen molar-refractivity contribution < 1.29 is 4.42 Å². The summed E-state index contributed by atoms with van der Waals surface area (Å²) in [6, 6.07) is 26.3. The highest BCUT2D eigenvalue weighted by Gasteiger charge is 2.40. The highest BCUT2D eigenvalue weighted by atomic mass is 79.9. The molecule has 1 aliphatic rings. The molecule has 1 heterocycles. The Morgan fingerprint density at radius 3 is 2.09 bits per heavy atom. The molecule has 0 spiro atoms. The van der Waals surface area contributed by atoms with Crippen LogP contribution in [0.3, 0.4) is 0 Å². The van der Waals surface area contributed by atoms with Crippen LogP contribution in [0.1, 0.15) is 25.0 Å². The van der Waals surface area contributed by atoms with Gasteiger partial charge in [0, 0.05) is 20.7 Å². The van der Waals surface area contributed by atoms with E-state index in [1.54, 1.807) is 0 Å². The third-order valence-electron chi connectivity index (χ3n) is 7.14. The van der Waals surface area contributed by atoms with Crippen LogP contribution in [0.4, 0.5) is 0 Å². The van der Waals surface area contributed by atoms with Crippen molar-refractivity contribution in [1.82, 2.24) is 0 Å². The first-order chi connectivity index (χ1) is 15.5. The molecule has 0 unspecified atom stereocenters. The zero-order chi connectivity index (χ0) is 21.8. The zero-order valence-corrected chi connectivity index (χ0v) is 20.8. The molecule has 1 aliphatic carbocycles. The summed E-state index contributed by atoms with van der Waals surface area (Å²) in [7, 11) is 0. The number of hydrogen-bond acceptors (Lipinski definition) is 1. The quantitative estimate of drug-likeness (QED) is 0.174. The summed E-state index contributed by atoms with van der Waals surface area (Å²) in [5.74, 6) is 0. The number of halogens is 2. The Morgan fingerprint density at radius 2 is 1.34 bits per heavy atom. The minimum Gasteiger partial charge on any atom is -0.455 e.